The highest BCUT2D eigenvalue weighted by molar-refractivity contribution is 7.15. The van der Waals surface area contributed by atoms with Crippen molar-refractivity contribution >= 4 is 11.3 Å². The Bertz CT molecular complexity index is 534. The number of aromatic nitrogens is 1. The fraction of sp³-hybridized carbons (Fsp3) is 0.438. The van der Waals surface area contributed by atoms with Crippen LogP contribution in [0.1, 0.15) is 30.0 Å². The molecule has 0 radical (unpaired) electrons. The van der Waals surface area contributed by atoms with Crippen LogP contribution >= 0.6 is 11.3 Å². The molecule has 0 saturated heterocycles. The molecule has 1 N–H and O–H groups in total. The van der Waals surface area contributed by atoms with Crippen LogP contribution in [0.15, 0.2) is 24.3 Å². The van der Waals surface area contributed by atoms with E-state index in [0.29, 0.717) is 6.61 Å². The summed E-state index contributed by atoms with van der Waals surface area (Å²) in [4.78, 5) is 6.00. The van der Waals surface area contributed by atoms with Gasteiger partial charge in [0.2, 0.25) is 0 Å². The highest BCUT2D eigenvalue weighted by Gasteiger charge is 2.12. The first kappa shape index (κ1) is 15.2. The molecule has 0 unspecified atom stereocenters. The van der Waals surface area contributed by atoms with E-state index < -0.39 is 0 Å². The van der Waals surface area contributed by atoms with Crippen LogP contribution in [0.25, 0.3) is 10.6 Å². The maximum atomic E-state index is 5.25. The number of hydrogen-bond acceptors (Lipinski definition) is 4. The standard InChI is InChI=1S/C16H22N2OS/c1-4-12-6-8-13(9-7-12)16-18-14(11-19-3)15(20-16)10-17-5-2/h6-9,17H,4-5,10-11H2,1-3H3. The lowest BCUT2D eigenvalue weighted by Gasteiger charge is -2.00. The van der Waals surface area contributed by atoms with Gasteiger partial charge in [-0.05, 0) is 18.5 Å². The van der Waals surface area contributed by atoms with Crippen LogP contribution in [0, 0.1) is 0 Å². The first-order valence-electron chi connectivity index (χ1n) is 7.06. The quantitative estimate of drug-likeness (QED) is 0.845. The van der Waals surface area contributed by atoms with Gasteiger partial charge in [0.15, 0.2) is 0 Å². The Morgan fingerprint density at radius 2 is 1.95 bits per heavy atom. The van der Waals surface area contributed by atoms with Crippen LogP contribution in [0.2, 0.25) is 0 Å². The number of hydrogen-bond donors (Lipinski definition) is 1. The van der Waals surface area contributed by atoms with Gasteiger partial charge in [-0.25, -0.2) is 4.98 Å². The van der Waals surface area contributed by atoms with Gasteiger partial charge < -0.3 is 10.1 Å². The Hall–Kier alpha value is -1.23. The normalized spacial score (nSPS) is 10.9. The first-order chi connectivity index (χ1) is 9.78. The monoisotopic (exact) mass is 290 g/mol. The van der Waals surface area contributed by atoms with Crippen LogP contribution in [0.3, 0.4) is 0 Å². The average Bonchev–Trinajstić information content (AvgIpc) is 2.89. The predicted molar refractivity (Wildman–Crippen MR) is 85.0 cm³/mol. The zero-order valence-corrected chi connectivity index (χ0v) is 13.2. The Morgan fingerprint density at radius 1 is 1.20 bits per heavy atom. The third kappa shape index (κ3) is 3.66. The minimum absolute atomic E-state index is 0.574. The van der Waals surface area contributed by atoms with Crippen molar-refractivity contribution < 1.29 is 4.74 Å². The molecule has 2 rings (SSSR count). The summed E-state index contributed by atoms with van der Waals surface area (Å²) >= 11 is 1.75. The van der Waals surface area contributed by atoms with Crippen molar-refractivity contribution in [3.05, 3.63) is 40.4 Å². The zero-order chi connectivity index (χ0) is 14.4. The number of methoxy groups -OCH3 is 1. The van der Waals surface area contributed by atoms with Crippen molar-refractivity contribution in [2.75, 3.05) is 13.7 Å². The molecule has 1 aromatic heterocycles. The van der Waals surface area contributed by atoms with E-state index in [4.69, 9.17) is 9.72 Å². The molecule has 3 nitrogen and oxygen atoms in total. The van der Waals surface area contributed by atoms with Gasteiger partial charge >= 0.3 is 0 Å². The maximum absolute atomic E-state index is 5.25. The number of ether oxygens (including phenoxy) is 1. The fourth-order valence-electron chi connectivity index (χ4n) is 2.02. The number of rotatable bonds is 7. The van der Waals surface area contributed by atoms with E-state index in [1.54, 1.807) is 18.4 Å². The molecule has 0 atom stereocenters. The molecular formula is C16H22N2OS. The molecule has 4 heteroatoms. The van der Waals surface area contributed by atoms with Crippen LogP contribution < -0.4 is 5.32 Å². The summed E-state index contributed by atoms with van der Waals surface area (Å²) in [5.41, 5.74) is 3.59. The van der Waals surface area contributed by atoms with Gasteiger partial charge in [0.25, 0.3) is 0 Å². The van der Waals surface area contributed by atoms with E-state index in [-0.39, 0.29) is 0 Å². The molecule has 0 aliphatic carbocycles. The van der Waals surface area contributed by atoms with Gasteiger partial charge in [-0.2, -0.15) is 0 Å². The number of benzene rings is 1. The number of aryl methyl sites for hydroxylation is 1. The topological polar surface area (TPSA) is 34.2 Å². The Labute approximate surface area is 125 Å². The summed E-state index contributed by atoms with van der Waals surface area (Å²) in [6, 6.07) is 8.67. The van der Waals surface area contributed by atoms with Crippen LogP contribution in [0.4, 0.5) is 0 Å². The van der Waals surface area contributed by atoms with Gasteiger partial charge in [0, 0.05) is 24.1 Å². The van der Waals surface area contributed by atoms with Crippen LogP contribution in [-0.2, 0) is 24.3 Å². The summed E-state index contributed by atoms with van der Waals surface area (Å²) in [6.45, 7) is 6.68. The molecule has 1 aromatic carbocycles. The van der Waals surface area contributed by atoms with Gasteiger partial charge in [-0.1, -0.05) is 38.1 Å². The van der Waals surface area contributed by atoms with Gasteiger partial charge in [-0.3, -0.25) is 0 Å². The SMILES string of the molecule is CCNCc1sc(-c2ccc(CC)cc2)nc1COC. The molecule has 0 amide bonds. The number of thiazole rings is 1. The van der Waals surface area contributed by atoms with Crippen molar-refractivity contribution in [3.63, 3.8) is 0 Å². The lowest BCUT2D eigenvalue weighted by Crippen LogP contribution is -2.12. The van der Waals surface area contributed by atoms with E-state index >= 15 is 0 Å². The highest BCUT2D eigenvalue weighted by Crippen LogP contribution is 2.29. The minimum Gasteiger partial charge on any atom is -0.378 e. The van der Waals surface area contributed by atoms with Crippen LogP contribution in [0.5, 0.6) is 0 Å². The third-order valence-corrected chi connectivity index (χ3v) is 4.35. The minimum atomic E-state index is 0.574. The van der Waals surface area contributed by atoms with Gasteiger partial charge in [0.1, 0.15) is 5.01 Å². The summed E-state index contributed by atoms with van der Waals surface area (Å²) in [6.07, 6.45) is 1.07. The largest absolute Gasteiger partial charge is 0.378 e. The predicted octanol–water partition coefficient (Wildman–Crippen LogP) is 3.63. The molecule has 0 aliphatic rings. The number of nitrogens with zero attached hydrogens (tertiary/aromatic N) is 1. The molecule has 1 heterocycles. The second-order valence-electron chi connectivity index (χ2n) is 4.65. The Balaban J connectivity index is 2.25. The van der Waals surface area contributed by atoms with Crippen molar-refractivity contribution in [1.29, 1.82) is 0 Å². The summed E-state index contributed by atoms with van der Waals surface area (Å²) in [5, 5.41) is 4.44. The van der Waals surface area contributed by atoms with Crippen molar-refractivity contribution in [1.82, 2.24) is 10.3 Å². The van der Waals surface area contributed by atoms with E-state index in [0.717, 1.165) is 30.2 Å². The maximum Gasteiger partial charge on any atom is 0.124 e. The van der Waals surface area contributed by atoms with Crippen LogP contribution in [-0.4, -0.2) is 18.6 Å². The first-order valence-corrected chi connectivity index (χ1v) is 7.87. The molecule has 0 aliphatic heterocycles. The molecule has 0 spiro atoms. The van der Waals surface area contributed by atoms with Crippen molar-refractivity contribution in [2.24, 2.45) is 0 Å². The Morgan fingerprint density at radius 3 is 2.55 bits per heavy atom. The second-order valence-corrected chi connectivity index (χ2v) is 5.74. The fourth-order valence-corrected chi connectivity index (χ4v) is 3.06. The summed E-state index contributed by atoms with van der Waals surface area (Å²) in [7, 11) is 1.71. The highest BCUT2D eigenvalue weighted by atomic mass is 32.1. The van der Waals surface area contributed by atoms with Gasteiger partial charge in [0.05, 0.1) is 12.3 Å². The van der Waals surface area contributed by atoms with Gasteiger partial charge in [-0.15, -0.1) is 11.3 Å². The van der Waals surface area contributed by atoms with E-state index in [2.05, 4.69) is 43.4 Å². The average molecular weight is 290 g/mol. The van der Waals surface area contributed by atoms with Crippen molar-refractivity contribution in [3.8, 4) is 10.6 Å². The third-order valence-electron chi connectivity index (χ3n) is 3.20. The lowest BCUT2D eigenvalue weighted by molar-refractivity contribution is 0.181. The molecule has 20 heavy (non-hydrogen) atoms. The zero-order valence-electron chi connectivity index (χ0n) is 12.4. The van der Waals surface area contributed by atoms with E-state index in [1.165, 1.54) is 16.0 Å². The van der Waals surface area contributed by atoms with Crippen molar-refractivity contribution in [2.45, 2.75) is 33.4 Å². The smallest absolute Gasteiger partial charge is 0.124 e. The summed E-state index contributed by atoms with van der Waals surface area (Å²) in [5.74, 6) is 0. The molecular weight excluding hydrogens is 268 g/mol. The molecule has 0 fully saturated rings. The second kappa shape index (κ2) is 7.53. The molecule has 2 aromatic rings. The lowest BCUT2D eigenvalue weighted by atomic mass is 10.1. The molecule has 108 valence electrons. The van der Waals surface area contributed by atoms with E-state index in [1.807, 2.05) is 0 Å². The molecule has 0 bridgehead atoms. The Kier molecular flexibility index (Phi) is 5.71. The number of nitrogens with one attached hydrogen (secondary N) is 1. The van der Waals surface area contributed by atoms with E-state index in [9.17, 15) is 0 Å². The molecule has 0 saturated carbocycles. The summed E-state index contributed by atoms with van der Waals surface area (Å²) < 4.78 is 5.25.